The van der Waals surface area contributed by atoms with Crippen molar-refractivity contribution in [2.45, 2.75) is 19.2 Å². The third-order valence-corrected chi connectivity index (χ3v) is 5.76. The van der Waals surface area contributed by atoms with Gasteiger partial charge in [0.2, 0.25) is 0 Å². The third kappa shape index (κ3) is 5.01. The summed E-state index contributed by atoms with van der Waals surface area (Å²) in [5, 5.41) is 11.9. The maximum atomic E-state index is 12.8. The Hall–Kier alpha value is -4.59. The van der Waals surface area contributed by atoms with Gasteiger partial charge in [-0.25, -0.2) is 10.1 Å². The molecule has 3 aromatic carbocycles. The van der Waals surface area contributed by atoms with E-state index in [1.54, 1.807) is 24.2 Å². The van der Waals surface area contributed by atoms with E-state index < -0.39 is 0 Å². The normalized spacial score (nSPS) is 14.4. The number of ether oxygens (including phenoxy) is 2. The van der Waals surface area contributed by atoms with Crippen LogP contribution in [-0.2, 0) is 13.2 Å². The highest BCUT2D eigenvalue weighted by Crippen LogP contribution is 2.31. The summed E-state index contributed by atoms with van der Waals surface area (Å²) < 4.78 is 13.2. The lowest BCUT2D eigenvalue weighted by Gasteiger charge is -2.11. The van der Waals surface area contributed by atoms with Crippen LogP contribution in [0.5, 0.6) is 11.5 Å². The zero-order valence-corrected chi connectivity index (χ0v) is 19.2. The number of fused-ring (bicyclic) bond motifs is 1. The monoisotopic (exact) mass is 467 g/mol. The quantitative estimate of drug-likeness (QED) is 0.296. The molecule has 35 heavy (non-hydrogen) atoms. The number of methoxy groups -OCH3 is 1. The number of rotatable bonds is 8. The van der Waals surface area contributed by atoms with Crippen LogP contribution in [-0.4, -0.2) is 29.0 Å². The Morgan fingerprint density at radius 2 is 1.89 bits per heavy atom. The van der Waals surface area contributed by atoms with E-state index in [0.717, 1.165) is 16.7 Å². The largest absolute Gasteiger partial charge is 0.493 e. The molecule has 1 atom stereocenters. The maximum Gasteiger partial charge on any atom is 0.276 e. The molecule has 1 unspecified atom stereocenters. The Morgan fingerprint density at radius 1 is 1.11 bits per heavy atom. The Bertz CT molecular complexity index is 1340. The van der Waals surface area contributed by atoms with Gasteiger partial charge in [-0.1, -0.05) is 60.7 Å². The predicted molar refractivity (Wildman–Crippen MR) is 134 cm³/mol. The van der Waals surface area contributed by atoms with Gasteiger partial charge in [0.1, 0.15) is 18.0 Å². The summed E-state index contributed by atoms with van der Waals surface area (Å²) in [7, 11) is 1.60. The summed E-state index contributed by atoms with van der Waals surface area (Å²) in [6, 6.07) is 25.5. The van der Waals surface area contributed by atoms with E-state index in [1.807, 2.05) is 66.7 Å². The first-order valence-electron chi connectivity index (χ1n) is 11.3. The molecule has 1 aliphatic heterocycles. The number of amides is 1. The number of hydrogen-bond donors (Lipinski definition) is 2. The molecule has 8 heteroatoms. The van der Waals surface area contributed by atoms with Crippen molar-refractivity contribution in [3.05, 3.63) is 107 Å². The van der Waals surface area contributed by atoms with Crippen molar-refractivity contribution < 1.29 is 14.3 Å². The molecule has 0 fully saturated rings. The fraction of sp³-hybridized carbons (Fsp3) is 0.148. The lowest BCUT2D eigenvalue weighted by Crippen LogP contribution is -2.18. The van der Waals surface area contributed by atoms with Crippen LogP contribution in [0.1, 0.15) is 33.1 Å². The summed E-state index contributed by atoms with van der Waals surface area (Å²) >= 11 is 0. The number of carbonyl (C=O) groups is 1. The second kappa shape index (κ2) is 10.1. The van der Waals surface area contributed by atoms with Crippen LogP contribution < -0.4 is 20.2 Å². The first-order chi connectivity index (χ1) is 17.2. The average molecular weight is 468 g/mol. The molecule has 0 saturated heterocycles. The summed E-state index contributed by atoms with van der Waals surface area (Å²) in [6.45, 7) is 1.08. The molecule has 2 N–H and O–H groups in total. The zero-order valence-electron chi connectivity index (χ0n) is 19.2. The second-order valence-electron chi connectivity index (χ2n) is 8.08. The first-order valence-corrected chi connectivity index (χ1v) is 11.3. The van der Waals surface area contributed by atoms with Crippen molar-refractivity contribution in [1.82, 2.24) is 15.2 Å². The number of hydrazone groups is 1. The van der Waals surface area contributed by atoms with Crippen molar-refractivity contribution in [1.29, 1.82) is 0 Å². The van der Waals surface area contributed by atoms with Gasteiger partial charge in [-0.15, -0.1) is 0 Å². The van der Waals surface area contributed by atoms with Crippen LogP contribution in [0.4, 0.5) is 5.82 Å². The number of anilines is 1. The maximum absolute atomic E-state index is 12.8. The van der Waals surface area contributed by atoms with E-state index in [-0.39, 0.29) is 11.9 Å². The molecule has 0 saturated carbocycles. The summed E-state index contributed by atoms with van der Waals surface area (Å²) in [5.74, 6) is 1.57. The fourth-order valence-electron chi connectivity index (χ4n) is 3.95. The standard InChI is InChI=1S/C27H25N5O3/c1-34-24-13-12-20(14-25(24)35-18-19-8-4-2-5-9-19)15-28-31-27(33)22-16-29-32-17-23(30-26(22)32)21-10-6-3-7-11-21/h2-16,23,30H,17-18H2,1H3,(H,31,33)/b28-15+. The van der Waals surface area contributed by atoms with Gasteiger partial charge in [-0.3, -0.25) is 4.79 Å². The molecule has 5 rings (SSSR count). The molecule has 176 valence electrons. The van der Waals surface area contributed by atoms with Crippen molar-refractivity contribution in [3.63, 3.8) is 0 Å². The van der Waals surface area contributed by atoms with Crippen LogP contribution in [0.15, 0.2) is 90.2 Å². The molecule has 2 heterocycles. The second-order valence-corrected chi connectivity index (χ2v) is 8.08. The van der Waals surface area contributed by atoms with Crippen molar-refractivity contribution in [2.75, 3.05) is 12.4 Å². The SMILES string of the molecule is COc1ccc(/C=N/NC(=O)c2cnn3c2NC(c2ccccc2)C3)cc1OCc1ccccc1. The summed E-state index contributed by atoms with van der Waals surface area (Å²) in [5.41, 5.74) is 6.00. The number of nitrogens with one attached hydrogen (secondary N) is 2. The molecule has 0 bridgehead atoms. The summed E-state index contributed by atoms with van der Waals surface area (Å²) in [6.07, 6.45) is 3.12. The number of carbonyl (C=O) groups excluding carboxylic acids is 1. The molecular weight excluding hydrogens is 442 g/mol. The van der Waals surface area contributed by atoms with Gasteiger partial charge < -0.3 is 14.8 Å². The molecule has 0 aliphatic carbocycles. The Balaban J connectivity index is 1.23. The van der Waals surface area contributed by atoms with Gasteiger partial charge in [-0.2, -0.15) is 10.2 Å². The van der Waals surface area contributed by atoms with Gasteiger partial charge in [0.15, 0.2) is 11.5 Å². The number of hydrogen-bond acceptors (Lipinski definition) is 6. The van der Waals surface area contributed by atoms with E-state index in [9.17, 15) is 4.79 Å². The highest BCUT2D eigenvalue weighted by Gasteiger charge is 2.27. The van der Waals surface area contributed by atoms with E-state index in [4.69, 9.17) is 9.47 Å². The smallest absolute Gasteiger partial charge is 0.276 e. The van der Waals surface area contributed by atoms with Gasteiger partial charge in [0, 0.05) is 0 Å². The van der Waals surface area contributed by atoms with E-state index in [2.05, 4.69) is 33.1 Å². The molecule has 8 nitrogen and oxygen atoms in total. The molecule has 4 aromatic rings. The minimum atomic E-state index is -0.335. The van der Waals surface area contributed by atoms with Crippen LogP contribution in [0.3, 0.4) is 0 Å². The van der Waals surface area contributed by atoms with Crippen LogP contribution in [0, 0.1) is 0 Å². The highest BCUT2D eigenvalue weighted by molar-refractivity contribution is 5.99. The molecule has 0 radical (unpaired) electrons. The Kier molecular flexibility index (Phi) is 6.43. The van der Waals surface area contributed by atoms with Crippen LogP contribution in [0.2, 0.25) is 0 Å². The fourth-order valence-corrected chi connectivity index (χ4v) is 3.95. The molecule has 1 aromatic heterocycles. The minimum Gasteiger partial charge on any atom is -0.493 e. The van der Waals surface area contributed by atoms with Gasteiger partial charge in [-0.05, 0) is 34.9 Å². The number of benzene rings is 3. The highest BCUT2D eigenvalue weighted by atomic mass is 16.5. The third-order valence-electron chi connectivity index (χ3n) is 5.76. The number of nitrogens with zero attached hydrogens (tertiary/aromatic N) is 3. The molecule has 0 spiro atoms. The number of aromatic nitrogens is 2. The van der Waals surface area contributed by atoms with Crippen LogP contribution in [0.25, 0.3) is 0 Å². The molecule has 1 amide bonds. The molecule has 1 aliphatic rings. The summed E-state index contributed by atoms with van der Waals surface area (Å²) in [4.78, 5) is 12.8. The van der Waals surface area contributed by atoms with Gasteiger partial charge in [0.25, 0.3) is 5.91 Å². The average Bonchev–Trinajstić information content (AvgIpc) is 3.50. The Labute approximate surface area is 203 Å². The van der Waals surface area contributed by atoms with E-state index in [0.29, 0.717) is 36.0 Å². The van der Waals surface area contributed by atoms with Crippen LogP contribution >= 0.6 is 0 Å². The van der Waals surface area contributed by atoms with Crippen molar-refractivity contribution >= 4 is 17.9 Å². The van der Waals surface area contributed by atoms with Crippen molar-refractivity contribution in [2.24, 2.45) is 5.10 Å². The van der Waals surface area contributed by atoms with Gasteiger partial charge in [0.05, 0.1) is 32.1 Å². The van der Waals surface area contributed by atoms with E-state index >= 15 is 0 Å². The zero-order chi connectivity index (χ0) is 24.0. The predicted octanol–water partition coefficient (Wildman–Crippen LogP) is 4.40. The Morgan fingerprint density at radius 3 is 2.66 bits per heavy atom. The first kappa shape index (κ1) is 22.2. The lowest BCUT2D eigenvalue weighted by molar-refractivity contribution is 0.0956. The van der Waals surface area contributed by atoms with Crippen molar-refractivity contribution in [3.8, 4) is 11.5 Å². The van der Waals surface area contributed by atoms with E-state index in [1.165, 1.54) is 0 Å². The van der Waals surface area contributed by atoms with Gasteiger partial charge >= 0.3 is 0 Å². The molecular formula is C27H25N5O3. The minimum absolute atomic E-state index is 0.0727. The topological polar surface area (TPSA) is 89.8 Å². The lowest BCUT2D eigenvalue weighted by atomic mass is 10.1.